The molecule has 0 aliphatic carbocycles. The molecule has 1 aromatic carbocycles. The van der Waals surface area contributed by atoms with E-state index in [1.54, 1.807) is 0 Å². The fourth-order valence-corrected chi connectivity index (χ4v) is 2.70. The minimum atomic E-state index is 0.525. The summed E-state index contributed by atoms with van der Waals surface area (Å²) >= 11 is 0. The lowest BCUT2D eigenvalue weighted by atomic mass is 9.82. The third-order valence-corrected chi connectivity index (χ3v) is 4.30. The zero-order valence-corrected chi connectivity index (χ0v) is 13.6. The highest BCUT2D eigenvalue weighted by atomic mass is 15.1. The van der Waals surface area contributed by atoms with Gasteiger partial charge < -0.3 is 10.2 Å². The van der Waals surface area contributed by atoms with E-state index in [4.69, 9.17) is 0 Å². The summed E-state index contributed by atoms with van der Waals surface area (Å²) < 4.78 is 0. The molecule has 0 amide bonds. The Kier molecular flexibility index (Phi) is 5.09. The van der Waals surface area contributed by atoms with Gasteiger partial charge in [0.15, 0.2) is 0 Å². The zero-order chi connectivity index (χ0) is 14.6. The molecule has 0 bridgehead atoms. The average Bonchev–Trinajstić information content (AvgIpc) is 2.39. The fraction of sp³-hybridized carbons (Fsp3) is 0.667. The maximum atomic E-state index is 3.50. The molecule has 0 saturated carbocycles. The predicted octanol–water partition coefficient (Wildman–Crippen LogP) is 4.06. The summed E-state index contributed by atoms with van der Waals surface area (Å²) in [6.45, 7) is 13.7. The van der Waals surface area contributed by atoms with Gasteiger partial charge in [0.05, 0.1) is 0 Å². The highest BCUT2D eigenvalue weighted by Crippen LogP contribution is 2.32. The van der Waals surface area contributed by atoms with E-state index in [9.17, 15) is 0 Å². The summed E-state index contributed by atoms with van der Waals surface area (Å²) in [6, 6.07) is 9.10. The molecular weight excluding hydrogens is 244 g/mol. The summed E-state index contributed by atoms with van der Waals surface area (Å²) in [5.41, 5.74) is 3.29. The van der Waals surface area contributed by atoms with Crippen LogP contribution in [0.2, 0.25) is 0 Å². The van der Waals surface area contributed by atoms with Crippen molar-refractivity contribution in [2.24, 2.45) is 11.3 Å². The van der Waals surface area contributed by atoms with Crippen molar-refractivity contribution in [2.45, 2.75) is 47.1 Å². The van der Waals surface area contributed by atoms with Crippen LogP contribution >= 0.6 is 0 Å². The van der Waals surface area contributed by atoms with Gasteiger partial charge in [0.25, 0.3) is 0 Å². The molecule has 0 spiro atoms. The number of hydrogen-bond acceptors (Lipinski definition) is 2. The van der Waals surface area contributed by atoms with Gasteiger partial charge in [-0.2, -0.15) is 0 Å². The van der Waals surface area contributed by atoms with Crippen LogP contribution in [0.15, 0.2) is 24.3 Å². The molecule has 2 nitrogen and oxygen atoms in total. The first-order chi connectivity index (χ1) is 9.46. The quantitative estimate of drug-likeness (QED) is 0.871. The van der Waals surface area contributed by atoms with E-state index < -0.39 is 0 Å². The van der Waals surface area contributed by atoms with Gasteiger partial charge in [-0.3, -0.25) is 0 Å². The van der Waals surface area contributed by atoms with E-state index in [-0.39, 0.29) is 0 Å². The van der Waals surface area contributed by atoms with Crippen molar-refractivity contribution in [3.63, 3.8) is 0 Å². The summed E-state index contributed by atoms with van der Waals surface area (Å²) in [5.74, 6) is 0.714. The molecule has 0 aromatic heterocycles. The normalized spacial score (nSPS) is 18.6. The van der Waals surface area contributed by atoms with Crippen molar-refractivity contribution >= 4 is 5.69 Å². The monoisotopic (exact) mass is 274 g/mol. The molecule has 1 heterocycles. The number of piperidine rings is 1. The van der Waals surface area contributed by atoms with Crippen molar-refractivity contribution in [2.75, 3.05) is 24.5 Å². The van der Waals surface area contributed by atoms with Crippen LogP contribution in [0.5, 0.6) is 0 Å². The lowest BCUT2D eigenvalue weighted by Crippen LogP contribution is -2.37. The lowest BCUT2D eigenvalue weighted by Gasteiger charge is -2.38. The molecule has 0 radical (unpaired) electrons. The Morgan fingerprint density at radius 2 is 1.70 bits per heavy atom. The number of nitrogens with zero attached hydrogens (tertiary/aromatic N) is 1. The van der Waals surface area contributed by atoms with Gasteiger partial charge in [-0.05, 0) is 48.4 Å². The van der Waals surface area contributed by atoms with Gasteiger partial charge in [0, 0.05) is 25.3 Å². The second-order valence-corrected chi connectivity index (χ2v) is 7.34. The number of nitrogens with one attached hydrogen (secondary N) is 1. The summed E-state index contributed by atoms with van der Waals surface area (Å²) in [7, 11) is 0. The second kappa shape index (κ2) is 6.62. The van der Waals surface area contributed by atoms with Gasteiger partial charge in [-0.15, -0.1) is 0 Å². The minimum Gasteiger partial charge on any atom is -0.371 e. The van der Waals surface area contributed by atoms with Gasteiger partial charge >= 0.3 is 0 Å². The molecule has 20 heavy (non-hydrogen) atoms. The first-order valence-corrected chi connectivity index (χ1v) is 8.01. The Labute approximate surface area is 124 Å². The first-order valence-electron chi connectivity index (χ1n) is 8.01. The third kappa shape index (κ3) is 4.52. The largest absolute Gasteiger partial charge is 0.371 e. The number of anilines is 1. The molecule has 1 aliphatic rings. The molecule has 1 fully saturated rings. The zero-order valence-electron chi connectivity index (χ0n) is 13.6. The second-order valence-electron chi connectivity index (χ2n) is 7.34. The van der Waals surface area contributed by atoms with Crippen LogP contribution in [0.3, 0.4) is 0 Å². The standard InChI is InChI=1S/C18H30N2/c1-15(2)13-19-14-16-5-7-17(8-6-16)20-11-9-18(3,4)10-12-20/h5-8,15,19H,9-14H2,1-4H3. The molecular formula is C18H30N2. The number of rotatable bonds is 5. The summed E-state index contributed by atoms with van der Waals surface area (Å²) in [5, 5.41) is 3.50. The van der Waals surface area contributed by atoms with E-state index in [2.05, 4.69) is 62.2 Å². The number of hydrogen-bond donors (Lipinski definition) is 1. The van der Waals surface area contributed by atoms with Gasteiger partial charge in [-0.25, -0.2) is 0 Å². The van der Waals surface area contributed by atoms with Crippen molar-refractivity contribution in [3.8, 4) is 0 Å². The van der Waals surface area contributed by atoms with E-state index >= 15 is 0 Å². The first kappa shape index (κ1) is 15.4. The van der Waals surface area contributed by atoms with E-state index in [1.807, 2.05) is 0 Å². The third-order valence-electron chi connectivity index (χ3n) is 4.30. The Morgan fingerprint density at radius 3 is 2.25 bits per heavy atom. The highest BCUT2D eigenvalue weighted by molar-refractivity contribution is 5.48. The van der Waals surface area contributed by atoms with Crippen LogP contribution in [0.25, 0.3) is 0 Å². The maximum Gasteiger partial charge on any atom is 0.0366 e. The SMILES string of the molecule is CC(C)CNCc1ccc(N2CCC(C)(C)CC2)cc1. The van der Waals surface area contributed by atoms with E-state index in [0.29, 0.717) is 11.3 Å². The van der Waals surface area contributed by atoms with Crippen LogP contribution in [0.4, 0.5) is 5.69 Å². The summed E-state index contributed by atoms with van der Waals surface area (Å²) in [4.78, 5) is 2.52. The fourth-order valence-electron chi connectivity index (χ4n) is 2.70. The van der Waals surface area contributed by atoms with Crippen LogP contribution in [-0.2, 0) is 6.54 Å². The van der Waals surface area contributed by atoms with Gasteiger partial charge in [0.2, 0.25) is 0 Å². The molecule has 1 N–H and O–H groups in total. The Hall–Kier alpha value is -1.02. The van der Waals surface area contributed by atoms with E-state index in [1.165, 1.54) is 37.2 Å². The minimum absolute atomic E-state index is 0.525. The molecule has 1 aromatic rings. The van der Waals surface area contributed by atoms with Crippen LogP contribution in [-0.4, -0.2) is 19.6 Å². The Balaban J connectivity index is 1.85. The van der Waals surface area contributed by atoms with Crippen LogP contribution < -0.4 is 10.2 Å². The van der Waals surface area contributed by atoms with Crippen molar-refractivity contribution in [3.05, 3.63) is 29.8 Å². The van der Waals surface area contributed by atoms with Gasteiger partial charge in [-0.1, -0.05) is 39.8 Å². The van der Waals surface area contributed by atoms with Crippen molar-refractivity contribution in [1.82, 2.24) is 5.32 Å². The number of benzene rings is 1. The maximum absolute atomic E-state index is 3.50. The van der Waals surface area contributed by atoms with Gasteiger partial charge in [0.1, 0.15) is 0 Å². The van der Waals surface area contributed by atoms with Crippen molar-refractivity contribution < 1.29 is 0 Å². The Morgan fingerprint density at radius 1 is 1.10 bits per heavy atom. The predicted molar refractivity (Wildman–Crippen MR) is 88.2 cm³/mol. The topological polar surface area (TPSA) is 15.3 Å². The smallest absolute Gasteiger partial charge is 0.0366 e. The lowest BCUT2D eigenvalue weighted by molar-refractivity contribution is 0.280. The average molecular weight is 274 g/mol. The van der Waals surface area contributed by atoms with Crippen LogP contribution in [0, 0.1) is 11.3 Å². The molecule has 0 unspecified atom stereocenters. The molecule has 1 saturated heterocycles. The summed E-state index contributed by atoms with van der Waals surface area (Å²) in [6.07, 6.45) is 2.59. The molecule has 2 rings (SSSR count). The van der Waals surface area contributed by atoms with Crippen molar-refractivity contribution in [1.29, 1.82) is 0 Å². The van der Waals surface area contributed by atoms with E-state index in [0.717, 1.165) is 13.1 Å². The molecule has 0 atom stereocenters. The van der Waals surface area contributed by atoms with Crippen LogP contribution in [0.1, 0.15) is 46.1 Å². The molecule has 112 valence electrons. The molecule has 2 heteroatoms. The molecule has 1 aliphatic heterocycles. The Bertz CT molecular complexity index is 396. The highest BCUT2D eigenvalue weighted by Gasteiger charge is 2.25.